The van der Waals surface area contributed by atoms with Gasteiger partial charge in [-0.15, -0.1) is 0 Å². The first-order valence-electron chi connectivity index (χ1n) is 12.5. The molecule has 0 aromatic heterocycles. The van der Waals surface area contributed by atoms with E-state index in [9.17, 15) is 14.4 Å². The number of esters is 1. The highest BCUT2D eigenvalue weighted by Gasteiger charge is 2.28. The predicted molar refractivity (Wildman–Crippen MR) is 131 cm³/mol. The highest BCUT2D eigenvalue weighted by Crippen LogP contribution is 2.24. The first-order valence-corrected chi connectivity index (χ1v) is 12.5. The number of piperidine rings is 1. The Labute approximate surface area is 203 Å². The van der Waals surface area contributed by atoms with Crippen LogP contribution in [0.3, 0.4) is 0 Å². The van der Waals surface area contributed by atoms with E-state index in [0.717, 1.165) is 31.5 Å². The Morgan fingerprint density at radius 3 is 2.74 bits per heavy atom. The third kappa shape index (κ3) is 7.53. The maximum absolute atomic E-state index is 12.9. The number of ether oxygens (including phenoxy) is 1. The van der Waals surface area contributed by atoms with Crippen molar-refractivity contribution in [1.82, 2.24) is 20.9 Å². The fraction of sp³-hybridized carbons (Fsp3) is 0.654. The third-order valence-electron chi connectivity index (χ3n) is 6.18. The van der Waals surface area contributed by atoms with Crippen LogP contribution in [-0.2, 0) is 16.1 Å². The first-order chi connectivity index (χ1) is 16.1. The smallest absolute Gasteiger partial charge is 0.310 e. The van der Waals surface area contributed by atoms with Gasteiger partial charge in [-0.2, -0.15) is 0 Å². The van der Waals surface area contributed by atoms with Gasteiger partial charge in [-0.05, 0) is 83.7 Å². The van der Waals surface area contributed by atoms with E-state index in [4.69, 9.17) is 4.74 Å². The van der Waals surface area contributed by atoms with Gasteiger partial charge >= 0.3 is 5.97 Å². The molecule has 1 fully saturated rings. The van der Waals surface area contributed by atoms with Gasteiger partial charge in [-0.3, -0.25) is 14.4 Å². The lowest BCUT2D eigenvalue weighted by atomic mass is 10.1. The van der Waals surface area contributed by atoms with Gasteiger partial charge in [0, 0.05) is 30.8 Å². The zero-order valence-electron chi connectivity index (χ0n) is 21.0. The SMILES string of the molecule is C[C@@H](CNC(=O)c1ccc2c(c1)C(=O)N(CCCCNC1CCCCN1)C2)C(=O)OC(C)(C)C. The zero-order valence-corrected chi connectivity index (χ0v) is 21.0. The molecular formula is C26H40N4O4. The zero-order chi connectivity index (χ0) is 24.7. The lowest BCUT2D eigenvalue weighted by Gasteiger charge is -2.24. The number of benzene rings is 1. The second-order valence-corrected chi connectivity index (χ2v) is 10.4. The number of unbranched alkanes of at least 4 members (excludes halogenated alkanes) is 1. The van der Waals surface area contributed by atoms with Crippen LogP contribution in [0.25, 0.3) is 0 Å². The van der Waals surface area contributed by atoms with Crippen molar-refractivity contribution in [2.45, 2.75) is 78.1 Å². The maximum atomic E-state index is 12.9. The number of fused-ring (bicyclic) bond motifs is 1. The van der Waals surface area contributed by atoms with Crippen LogP contribution in [-0.4, -0.2) is 60.6 Å². The second-order valence-electron chi connectivity index (χ2n) is 10.4. The molecule has 1 saturated heterocycles. The molecule has 2 atom stereocenters. The Morgan fingerprint density at radius 1 is 1.24 bits per heavy atom. The Hall–Kier alpha value is -2.45. The Morgan fingerprint density at radius 2 is 2.03 bits per heavy atom. The molecule has 0 radical (unpaired) electrons. The topological polar surface area (TPSA) is 99.8 Å². The van der Waals surface area contributed by atoms with E-state index in [-0.39, 0.29) is 24.3 Å². The quantitative estimate of drug-likeness (QED) is 0.358. The third-order valence-corrected chi connectivity index (χ3v) is 6.18. The second kappa shape index (κ2) is 11.8. The summed E-state index contributed by atoms with van der Waals surface area (Å²) in [4.78, 5) is 39.5. The predicted octanol–water partition coefficient (Wildman–Crippen LogP) is 2.82. The van der Waals surface area contributed by atoms with Crippen molar-refractivity contribution in [2.24, 2.45) is 5.92 Å². The molecule has 0 saturated carbocycles. The summed E-state index contributed by atoms with van der Waals surface area (Å²) in [6.07, 6.45) is 6.08. The molecule has 2 amide bonds. The van der Waals surface area contributed by atoms with Crippen LogP contribution in [0.4, 0.5) is 0 Å². The van der Waals surface area contributed by atoms with Crippen molar-refractivity contribution in [1.29, 1.82) is 0 Å². The van der Waals surface area contributed by atoms with Gasteiger partial charge in [0.2, 0.25) is 0 Å². The van der Waals surface area contributed by atoms with Gasteiger partial charge in [0.05, 0.1) is 12.1 Å². The minimum atomic E-state index is -0.565. The minimum absolute atomic E-state index is 0.0197. The summed E-state index contributed by atoms with van der Waals surface area (Å²) >= 11 is 0. The summed E-state index contributed by atoms with van der Waals surface area (Å²) in [7, 11) is 0. The molecule has 0 aliphatic carbocycles. The summed E-state index contributed by atoms with van der Waals surface area (Å²) in [5, 5.41) is 9.81. The van der Waals surface area contributed by atoms with Crippen molar-refractivity contribution in [2.75, 3.05) is 26.2 Å². The molecule has 1 aromatic carbocycles. The highest BCUT2D eigenvalue weighted by molar-refractivity contribution is 6.02. The Kier molecular flexibility index (Phi) is 9.08. The monoisotopic (exact) mass is 472 g/mol. The molecular weight excluding hydrogens is 432 g/mol. The lowest BCUT2D eigenvalue weighted by Crippen LogP contribution is -2.45. The first kappa shape index (κ1) is 26.2. The largest absolute Gasteiger partial charge is 0.460 e. The molecule has 2 heterocycles. The van der Waals surface area contributed by atoms with Gasteiger partial charge in [0.15, 0.2) is 0 Å². The molecule has 0 bridgehead atoms. The number of rotatable bonds is 10. The van der Waals surface area contributed by atoms with E-state index in [0.29, 0.717) is 30.4 Å². The van der Waals surface area contributed by atoms with Crippen LogP contribution < -0.4 is 16.0 Å². The van der Waals surface area contributed by atoms with E-state index in [1.54, 1.807) is 19.1 Å². The summed E-state index contributed by atoms with van der Waals surface area (Å²) in [6.45, 7) is 10.7. The number of hydrogen-bond acceptors (Lipinski definition) is 6. The van der Waals surface area contributed by atoms with E-state index in [1.165, 1.54) is 19.3 Å². The van der Waals surface area contributed by atoms with Gasteiger partial charge in [-0.1, -0.05) is 13.0 Å². The van der Waals surface area contributed by atoms with E-state index < -0.39 is 11.5 Å². The minimum Gasteiger partial charge on any atom is -0.460 e. The number of carbonyl (C=O) groups excluding carboxylic acids is 3. The van der Waals surface area contributed by atoms with E-state index in [1.807, 2.05) is 31.7 Å². The lowest BCUT2D eigenvalue weighted by molar-refractivity contribution is -0.159. The van der Waals surface area contributed by atoms with Crippen LogP contribution in [0.1, 0.15) is 86.1 Å². The van der Waals surface area contributed by atoms with Crippen LogP contribution in [0, 0.1) is 5.92 Å². The van der Waals surface area contributed by atoms with Gasteiger partial charge in [-0.25, -0.2) is 0 Å². The molecule has 8 heteroatoms. The molecule has 2 aliphatic heterocycles. The number of nitrogens with one attached hydrogen (secondary N) is 3. The van der Waals surface area contributed by atoms with Crippen molar-refractivity contribution in [3.05, 3.63) is 34.9 Å². The van der Waals surface area contributed by atoms with E-state index >= 15 is 0 Å². The molecule has 1 unspecified atom stereocenters. The number of amides is 2. The molecule has 1 aromatic rings. The highest BCUT2D eigenvalue weighted by atomic mass is 16.6. The number of carbonyl (C=O) groups is 3. The van der Waals surface area contributed by atoms with Crippen molar-refractivity contribution in [3.8, 4) is 0 Å². The van der Waals surface area contributed by atoms with Crippen molar-refractivity contribution < 1.29 is 19.1 Å². The van der Waals surface area contributed by atoms with Crippen LogP contribution in [0.5, 0.6) is 0 Å². The molecule has 3 N–H and O–H groups in total. The van der Waals surface area contributed by atoms with Gasteiger partial charge < -0.3 is 25.6 Å². The Bertz CT molecular complexity index is 874. The van der Waals surface area contributed by atoms with Crippen molar-refractivity contribution in [3.63, 3.8) is 0 Å². The van der Waals surface area contributed by atoms with Crippen LogP contribution in [0.2, 0.25) is 0 Å². The number of hydrogen-bond donors (Lipinski definition) is 3. The van der Waals surface area contributed by atoms with Crippen LogP contribution >= 0.6 is 0 Å². The standard InChI is InChI=1S/C26H40N4O4/c1-18(25(33)34-26(2,3)4)16-29-23(31)19-10-11-20-17-30(24(32)21(20)15-19)14-8-7-13-28-22-9-5-6-12-27-22/h10-11,15,18,22,27-28H,5-9,12-14,16-17H2,1-4H3,(H,29,31)/t18-,22?/m0/s1. The maximum Gasteiger partial charge on any atom is 0.310 e. The van der Waals surface area contributed by atoms with Crippen molar-refractivity contribution >= 4 is 17.8 Å². The van der Waals surface area contributed by atoms with Gasteiger partial charge in [0.25, 0.3) is 11.8 Å². The summed E-state index contributed by atoms with van der Waals surface area (Å²) < 4.78 is 5.35. The molecule has 188 valence electrons. The fourth-order valence-corrected chi connectivity index (χ4v) is 4.25. The molecule has 2 aliphatic rings. The summed E-state index contributed by atoms with van der Waals surface area (Å²) in [6, 6.07) is 5.27. The fourth-order valence-electron chi connectivity index (χ4n) is 4.25. The number of nitrogens with zero attached hydrogens (tertiary/aromatic N) is 1. The molecule has 8 nitrogen and oxygen atoms in total. The van der Waals surface area contributed by atoms with Crippen LogP contribution in [0.15, 0.2) is 18.2 Å². The summed E-state index contributed by atoms with van der Waals surface area (Å²) in [5.74, 6) is -1.13. The van der Waals surface area contributed by atoms with E-state index in [2.05, 4.69) is 16.0 Å². The summed E-state index contributed by atoms with van der Waals surface area (Å²) in [5.41, 5.74) is 1.41. The van der Waals surface area contributed by atoms with Gasteiger partial charge in [0.1, 0.15) is 5.60 Å². The molecule has 3 rings (SSSR count). The Balaban J connectivity index is 1.43. The average molecular weight is 473 g/mol. The molecule has 0 spiro atoms. The normalized spacial score (nSPS) is 19.0. The molecule has 34 heavy (non-hydrogen) atoms. The average Bonchev–Trinajstić information content (AvgIpc) is 3.11.